The van der Waals surface area contributed by atoms with Gasteiger partial charge in [-0.1, -0.05) is 0 Å². The van der Waals surface area contributed by atoms with Crippen LogP contribution in [0.5, 0.6) is 0 Å². The molecule has 0 aliphatic carbocycles. The molecule has 1 aromatic carbocycles. The Labute approximate surface area is 127 Å². The van der Waals surface area contributed by atoms with E-state index in [1.165, 1.54) is 12.2 Å². The molecule has 1 aromatic heterocycles. The van der Waals surface area contributed by atoms with Gasteiger partial charge in [0, 0.05) is 28.7 Å². The minimum atomic E-state index is -1.06. The number of H-pyrrole nitrogens is 1. The highest BCUT2D eigenvalue weighted by Gasteiger charge is 2.15. The second kappa shape index (κ2) is 6.17. The number of rotatable bonds is 4. The van der Waals surface area contributed by atoms with Crippen molar-refractivity contribution in [1.82, 2.24) is 4.98 Å². The number of aryl methyl sites for hydroxylation is 1. The van der Waals surface area contributed by atoms with Gasteiger partial charge in [0.25, 0.3) is 0 Å². The van der Waals surface area contributed by atoms with Crippen LogP contribution in [0.1, 0.15) is 27.3 Å². The van der Waals surface area contributed by atoms with Gasteiger partial charge in [-0.3, -0.25) is 4.79 Å². The molecule has 0 spiro atoms. The number of nitrogens with two attached hydrogens (primary N) is 1. The third kappa shape index (κ3) is 3.35. The third-order valence-corrected chi connectivity index (χ3v) is 3.34. The van der Waals surface area contributed by atoms with Gasteiger partial charge >= 0.3 is 5.97 Å². The second-order valence-corrected chi connectivity index (χ2v) is 4.91. The highest BCUT2D eigenvalue weighted by molar-refractivity contribution is 6.03. The first kappa shape index (κ1) is 15.4. The number of carbonyl (C=O) groups is 2. The van der Waals surface area contributed by atoms with E-state index in [2.05, 4.69) is 10.3 Å². The van der Waals surface area contributed by atoms with E-state index in [0.717, 1.165) is 11.3 Å². The Balaban J connectivity index is 2.16. The molecule has 0 radical (unpaired) electrons. The Bertz CT molecular complexity index is 743. The fourth-order valence-electron chi connectivity index (χ4n) is 2.02. The summed E-state index contributed by atoms with van der Waals surface area (Å²) in [5.74, 6) is -1.41. The normalized spacial score (nSPS) is 10.8. The molecule has 6 nitrogen and oxygen atoms in total. The summed E-state index contributed by atoms with van der Waals surface area (Å²) in [6.45, 7) is 3.59. The van der Waals surface area contributed by atoms with Crippen LogP contribution in [0.2, 0.25) is 0 Å². The first-order valence-corrected chi connectivity index (χ1v) is 6.65. The summed E-state index contributed by atoms with van der Waals surface area (Å²) in [6.07, 6.45) is 2.80. The van der Waals surface area contributed by atoms with E-state index < -0.39 is 5.97 Å². The first-order chi connectivity index (χ1) is 10.4. The number of amides is 1. The zero-order valence-electron chi connectivity index (χ0n) is 12.3. The molecule has 0 atom stereocenters. The first-order valence-electron chi connectivity index (χ1n) is 6.65. The average molecular weight is 299 g/mol. The minimum absolute atomic E-state index is 0.0755. The van der Waals surface area contributed by atoms with Crippen molar-refractivity contribution < 1.29 is 14.7 Å². The molecule has 0 fully saturated rings. The number of aromatic nitrogens is 1. The van der Waals surface area contributed by atoms with E-state index in [1.54, 1.807) is 38.1 Å². The molecule has 1 heterocycles. The van der Waals surface area contributed by atoms with Gasteiger partial charge in [-0.05, 0) is 49.8 Å². The van der Waals surface area contributed by atoms with Crippen molar-refractivity contribution in [2.45, 2.75) is 13.8 Å². The summed E-state index contributed by atoms with van der Waals surface area (Å²) >= 11 is 0. The number of hydrogen-bond donors (Lipinski definition) is 4. The fraction of sp³-hybridized carbons (Fsp3) is 0.125. The van der Waals surface area contributed by atoms with Gasteiger partial charge in [0.15, 0.2) is 0 Å². The van der Waals surface area contributed by atoms with Crippen LogP contribution in [0.15, 0.2) is 30.3 Å². The van der Waals surface area contributed by atoms with Crippen molar-refractivity contribution in [2.75, 3.05) is 11.1 Å². The molecule has 6 heteroatoms. The Morgan fingerprint density at radius 2 is 1.86 bits per heavy atom. The highest BCUT2D eigenvalue weighted by atomic mass is 16.4. The van der Waals surface area contributed by atoms with E-state index in [4.69, 9.17) is 10.8 Å². The summed E-state index contributed by atoms with van der Waals surface area (Å²) in [6, 6.07) is 6.74. The lowest BCUT2D eigenvalue weighted by Crippen LogP contribution is -2.08. The second-order valence-electron chi connectivity index (χ2n) is 4.91. The summed E-state index contributed by atoms with van der Waals surface area (Å²) in [5.41, 5.74) is 8.93. The largest absolute Gasteiger partial charge is 0.477 e. The summed E-state index contributed by atoms with van der Waals surface area (Å²) in [4.78, 5) is 25.9. The molecule has 0 saturated carbocycles. The summed E-state index contributed by atoms with van der Waals surface area (Å²) in [7, 11) is 0. The predicted octanol–water partition coefficient (Wildman–Crippen LogP) is 2.56. The fourth-order valence-corrected chi connectivity index (χ4v) is 2.02. The van der Waals surface area contributed by atoms with Crippen LogP contribution in [-0.2, 0) is 4.79 Å². The zero-order valence-corrected chi connectivity index (χ0v) is 12.3. The smallest absolute Gasteiger partial charge is 0.352 e. The van der Waals surface area contributed by atoms with Crippen molar-refractivity contribution in [3.8, 4) is 0 Å². The Morgan fingerprint density at radius 1 is 1.23 bits per heavy atom. The molecule has 0 saturated heterocycles. The average Bonchev–Trinajstić information content (AvgIpc) is 2.75. The van der Waals surface area contributed by atoms with Crippen LogP contribution < -0.4 is 11.1 Å². The molecule has 0 unspecified atom stereocenters. The monoisotopic (exact) mass is 299 g/mol. The number of aromatic amines is 1. The van der Waals surface area contributed by atoms with Gasteiger partial charge in [0.2, 0.25) is 5.91 Å². The molecule has 2 rings (SSSR count). The molecule has 2 aromatic rings. The van der Waals surface area contributed by atoms with E-state index in [1.807, 2.05) is 0 Å². The Morgan fingerprint density at radius 3 is 2.45 bits per heavy atom. The van der Waals surface area contributed by atoms with Gasteiger partial charge in [-0.15, -0.1) is 0 Å². The van der Waals surface area contributed by atoms with E-state index in [9.17, 15) is 9.59 Å². The SMILES string of the molecule is Cc1[nH]c(C(=O)O)c(/C=C/C(=O)Nc2ccc(N)cc2)c1C. The molecule has 1 amide bonds. The molecule has 0 aliphatic heterocycles. The Kier molecular flexibility index (Phi) is 4.31. The van der Waals surface area contributed by atoms with Crippen molar-refractivity contribution in [3.05, 3.63) is 52.9 Å². The predicted molar refractivity (Wildman–Crippen MR) is 85.7 cm³/mol. The number of nitrogens with one attached hydrogen (secondary N) is 2. The number of anilines is 2. The molecule has 22 heavy (non-hydrogen) atoms. The topological polar surface area (TPSA) is 108 Å². The minimum Gasteiger partial charge on any atom is -0.477 e. The van der Waals surface area contributed by atoms with Crippen LogP contribution in [0.4, 0.5) is 11.4 Å². The van der Waals surface area contributed by atoms with E-state index >= 15 is 0 Å². The maximum Gasteiger partial charge on any atom is 0.352 e. The number of carboxylic acid groups (broad SMARTS) is 1. The number of nitrogen functional groups attached to an aromatic ring is 1. The lowest BCUT2D eigenvalue weighted by molar-refractivity contribution is -0.111. The maximum absolute atomic E-state index is 11.9. The van der Waals surface area contributed by atoms with Crippen LogP contribution in [0.25, 0.3) is 6.08 Å². The number of carbonyl (C=O) groups excluding carboxylic acids is 1. The van der Waals surface area contributed by atoms with Crippen molar-refractivity contribution in [3.63, 3.8) is 0 Å². The van der Waals surface area contributed by atoms with Gasteiger partial charge in [0.05, 0.1) is 0 Å². The van der Waals surface area contributed by atoms with Crippen LogP contribution in [0.3, 0.4) is 0 Å². The van der Waals surface area contributed by atoms with E-state index in [-0.39, 0.29) is 11.6 Å². The number of benzene rings is 1. The zero-order chi connectivity index (χ0) is 16.3. The van der Waals surface area contributed by atoms with Gasteiger partial charge < -0.3 is 21.1 Å². The summed E-state index contributed by atoms with van der Waals surface area (Å²) < 4.78 is 0. The van der Waals surface area contributed by atoms with E-state index in [0.29, 0.717) is 16.9 Å². The molecular weight excluding hydrogens is 282 g/mol. The van der Waals surface area contributed by atoms with Crippen LogP contribution >= 0.6 is 0 Å². The lowest BCUT2D eigenvalue weighted by Gasteiger charge is -2.02. The van der Waals surface area contributed by atoms with Crippen molar-refractivity contribution in [1.29, 1.82) is 0 Å². The molecule has 114 valence electrons. The molecule has 0 aliphatic rings. The number of carboxylic acids is 1. The van der Waals surface area contributed by atoms with Crippen LogP contribution in [0, 0.1) is 13.8 Å². The summed E-state index contributed by atoms with van der Waals surface area (Å²) in [5, 5.41) is 11.8. The highest BCUT2D eigenvalue weighted by Crippen LogP contribution is 2.19. The Hall–Kier alpha value is -3.02. The van der Waals surface area contributed by atoms with Gasteiger partial charge in [-0.25, -0.2) is 4.79 Å². The third-order valence-electron chi connectivity index (χ3n) is 3.34. The standard InChI is InChI=1S/C16H17N3O3/c1-9-10(2)18-15(16(21)22)13(9)7-8-14(20)19-12-5-3-11(17)4-6-12/h3-8,18H,17H2,1-2H3,(H,19,20)(H,21,22)/b8-7+. The molecular formula is C16H17N3O3. The van der Waals surface area contributed by atoms with Crippen molar-refractivity contribution in [2.24, 2.45) is 0 Å². The maximum atomic E-state index is 11.9. The quantitative estimate of drug-likeness (QED) is 0.514. The van der Waals surface area contributed by atoms with Crippen LogP contribution in [-0.4, -0.2) is 22.0 Å². The number of hydrogen-bond acceptors (Lipinski definition) is 3. The number of aromatic carboxylic acids is 1. The molecule has 5 N–H and O–H groups in total. The van der Waals surface area contributed by atoms with Crippen molar-refractivity contribution >= 4 is 29.3 Å². The van der Waals surface area contributed by atoms with Gasteiger partial charge in [0.1, 0.15) is 5.69 Å². The molecule has 0 bridgehead atoms. The van der Waals surface area contributed by atoms with Gasteiger partial charge in [-0.2, -0.15) is 0 Å². The lowest BCUT2D eigenvalue weighted by atomic mass is 10.1.